The molecule has 3 heteroatoms. The number of ether oxygens (including phenoxy) is 1. The molecule has 0 saturated heterocycles. The zero-order valence-corrected chi connectivity index (χ0v) is 15.9. The first-order valence-electron chi connectivity index (χ1n) is 7.77. The number of hydrogen-bond donors (Lipinski definition) is 0. The van der Waals surface area contributed by atoms with Gasteiger partial charge in [0.2, 0.25) is 0 Å². The molecular weight excluding hydrogens is 379 g/mol. The maximum atomic E-state index is 6.02. The van der Waals surface area contributed by atoms with Gasteiger partial charge in [0.25, 0.3) is 0 Å². The number of rotatable bonds is 2. The molecule has 0 bridgehead atoms. The van der Waals surface area contributed by atoms with Crippen LogP contribution >= 0.6 is 7.26 Å². The molecule has 0 unspecified atom stereocenters. The number of allylic oxidation sites excluding steroid dienone is 1. The van der Waals surface area contributed by atoms with Crippen LogP contribution in [0.15, 0.2) is 96.5 Å². The highest BCUT2D eigenvalue weighted by molar-refractivity contribution is 7.98. The molecule has 4 rings (SSSR count). The second kappa shape index (κ2) is 6.93. The first-order chi connectivity index (χ1) is 11.3. The number of para-hydroxylation sites is 1. The molecule has 0 aliphatic carbocycles. The minimum absolute atomic E-state index is 0. The van der Waals surface area contributed by atoms with Gasteiger partial charge in [-0.3, -0.25) is 0 Å². The van der Waals surface area contributed by atoms with E-state index in [1.165, 1.54) is 15.9 Å². The molecule has 0 saturated carbocycles. The quantitative estimate of drug-likeness (QED) is 0.592. The van der Waals surface area contributed by atoms with Crippen LogP contribution in [0.1, 0.15) is 6.92 Å². The summed E-state index contributed by atoms with van der Waals surface area (Å²) >= 11 is 0. The van der Waals surface area contributed by atoms with E-state index < -0.39 is 7.26 Å². The van der Waals surface area contributed by atoms with Gasteiger partial charge >= 0.3 is 0 Å². The topological polar surface area (TPSA) is 9.23 Å². The molecule has 24 heavy (non-hydrogen) atoms. The van der Waals surface area contributed by atoms with E-state index >= 15 is 0 Å². The summed E-state index contributed by atoms with van der Waals surface area (Å²) < 4.78 is 6.02. The molecule has 1 aliphatic heterocycles. The van der Waals surface area contributed by atoms with Crippen LogP contribution in [0.25, 0.3) is 0 Å². The molecule has 1 nitrogen and oxygen atoms in total. The Hall–Kier alpha value is -1.89. The maximum Gasteiger partial charge on any atom is 0.170 e. The monoisotopic (exact) mass is 396 g/mol. The van der Waals surface area contributed by atoms with E-state index in [0.717, 1.165) is 11.5 Å². The fourth-order valence-corrected chi connectivity index (χ4v) is 7.24. The molecule has 120 valence electrons. The average Bonchev–Trinajstić information content (AvgIpc) is 2.62. The smallest absolute Gasteiger partial charge is 0.170 e. The summed E-state index contributed by atoms with van der Waals surface area (Å²) in [6, 6.07) is 30.1. The van der Waals surface area contributed by atoms with Crippen molar-refractivity contribution in [3.05, 3.63) is 96.5 Å². The maximum absolute atomic E-state index is 6.02. The highest BCUT2D eigenvalue weighted by atomic mass is 79.9. The first kappa shape index (κ1) is 17.0. The second-order valence-corrected chi connectivity index (χ2v) is 8.92. The van der Waals surface area contributed by atoms with E-state index in [-0.39, 0.29) is 17.0 Å². The highest BCUT2D eigenvalue weighted by Gasteiger charge is 2.48. The second-order valence-electron chi connectivity index (χ2n) is 5.70. The van der Waals surface area contributed by atoms with Crippen molar-refractivity contribution in [3.8, 4) is 5.75 Å². The number of fused-ring (bicyclic) bond motifs is 1. The Labute approximate surface area is 154 Å². The highest BCUT2D eigenvalue weighted by Crippen LogP contribution is 2.61. The van der Waals surface area contributed by atoms with Crippen molar-refractivity contribution in [2.24, 2.45) is 0 Å². The van der Waals surface area contributed by atoms with Crippen molar-refractivity contribution < 1.29 is 21.7 Å². The van der Waals surface area contributed by atoms with Crippen LogP contribution in [-0.2, 0) is 0 Å². The normalized spacial score (nSPS) is 14.6. The molecule has 0 spiro atoms. The fraction of sp³-hybridized carbons (Fsp3) is 0.0476. The predicted molar refractivity (Wildman–Crippen MR) is 99.5 cm³/mol. The Bertz CT molecular complexity index is 820. The van der Waals surface area contributed by atoms with E-state index in [2.05, 4.69) is 91.6 Å². The summed E-state index contributed by atoms with van der Waals surface area (Å²) in [6.07, 6.45) is 0. The van der Waals surface area contributed by atoms with Crippen molar-refractivity contribution in [1.29, 1.82) is 0 Å². The summed E-state index contributed by atoms with van der Waals surface area (Å²) in [7, 11) is -1.83. The standard InChI is InChI=1S/C21H18OP.BrH/c1-17-16-23(18-10-4-2-5-11-18,19-12-6-3-7-13-19)21-15-9-8-14-20(21)22-17;/h2-16H,1H3;1H/q+1;/p-1. The largest absolute Gasteiger partial charge is 1.00 e. The molecule has 0 N–H and O–H groups in total. The number of hydrogen-bond acceptors (Lipinski definition) is 1. The molecule has 3 aromatic rings. The van der Waals surface area contributed by atoms with Crippen LogP contribution in [0.4, 0.5) is 0 Å². The zero-order chi connectivity index (χ0) is 15.7. The SMILES string of the molecule is CC1=C[P+](c2ccccc2)(c2ccccc2)c2ccccc2O1.[Br-]. The van der Waals surface area contributed by atoms with E-state index in [4.69, 9.17) is 4.74 Å². The van der Waals surface area contributed by atoms with E-state index in [0.29, 0.717) is 0 Å². The van der Waals surface area contributed by atoms with Gasteiger partial charge < -0.3 is 21.7 Å². The Morgan fingerprint density at radius 1 is 0.667 bits per heavy atom. The van der Waals surface area contributed by atoms with Crippen molar-refractivity contribution in [1.82, 2.24) is 0 Å². The first-order valence-corrected chi connectivity index (χ1v) is 9.63. The predicted octanol–water partition coefficient (Wildman–Crippen LogP) is 1.24. The summed E-state index contributed by atoms with van der Waals surface area (Å²) in [6.45, 7) is 2.05. The third-order valence-electron chi connectivity index (χ3n) is 4.22. The van der Waals surface area contributed by atoms with Gasteiger partial charge in [0.15, 0.2) is 11.1 Å². The Morgan fingerprint density at radius 2 is 1.17 bits per heavy atom. The van der Waals surface area contributed by atoms with Crippen LogP contribution in [-0.4, -0.2) is 0 Å². The van der Waals surface area contributed by atoms with E-state index in [1.807, 2.05) is 6.07 Å². The third-order valence-corrected chi connectivity index (χ3v) is 8.32. The lowest BCUT2D eigenvalue weighted by Gasteiger charge is -2.29. The zero-order valence-electron chi connectivity index (χ0n) is 13.4. The van der Waals surface area contributed by atoms with Gasteiger partial charge in [0.1, 0.15) is 29.4 Å². The van der Waals surface area contributed by atoms with E-state index in [9.17, 15) is 0 Å². The molecule has 1 heterocycles. The number of benzene rings is 3. The van der Waals surface area contributed by atoms with Gasteiger partial charge in [-0.05, 0) is 43.3 Å². The van der Waals surface area contributed by atoms with Gasteiger partial charge in [-0.1, -0.05) is 48.5 Å². The van der Waals surface area contributed by atoms with Gasteiger partial charge in [-0.15, -0.1) is 0 Å². The summed E-state index contributed by atoms with van der Waals surface area (Å²) in [5.74, 6) is 4.30. The molecule has 0 radical (unpaired) electrons. The van der Waals surface area contributed by atoms with Gasteiger partial charge in [0, 0.05) is 0 Å². The average molecular weight is 397 g/mol. The number of halogens is 1. The molecule has 0 amide bonds. The van der Waals surface area contributed by atoms with Crippen LogP contribution in [0.3, 0.4) is 0 Å². The third kappa shape index (κ3) is 2.70. The van der Waals surface area contributed by atoms with Gasteiger partial charge in [-0.2, -0.15) is 0 Å². The minimum atomic E-state index is -1.83. The Balaban J connectivity index is 0.00000169. The molecule has 1 aliphatic rings. The van der Waals surface area contributed by atoms with Crippen molar-refractivity contribution in [2.45, 2.75) is 6.92 Å². The lowest BCUT2D eigenvalue weighted by Crippen LogP contribution is -3.00. The summed E-state index contributed by atoms with van der Waals surface area (Å²) in [4.78, 5) is 0. The molecule has 3 aromatic carbocycles. The van der Waals surface area contributed by atoms with Crippen LogP contribution in [0.5, 0.6) is 5.75 Å². The summed E-state index contributed by atoms with van der Waals surface area (Å²) in [5, 5.41) is 4.02. The van der Waals surface area contributed by atoms with Gasteiger partial charge in [0.05, 0.1) is 0 Å². The lowest BCUT2D eigenvalue weighted by molar-refractivity contribution is -0.00000509. The lowest BCUT2D eigenvalue weighted by atomic mass is 10.3. The minimum Gasteiger partial charge on any atom is -1.00 e. The van der Waals surface area contributed by atoms with Gasteiger partial charge in [-0.25, -0.2) is 0 Å². The molecular formula is C21H18BrOP. The van der Waals surface area contributed by atoms with E-state index in [1.54, 1.807) is 0 Å². The molecule has 0 aromatic heterocycles. The molecule has 0 fully saturated rings. The Kier molecular flexibility index (Phi) is 4.89. The van der Waals surface area contributed by atoms with Crippen LogP contribution in [0, 0.1) is 0 Å². The molecule has 0 atom stereocenters. The Morgan fingerprint density at radius 3 is 1.75 bits per heavy atom. The van der Waals surface area contributed by atoms with Crippen molar-refractivity contribution in [2.75, 3.05) is 0 Å². The van der Waals surface area contributed by atoms with Crippen molar-refractivity contribution >= 4 is 23.2 Å². The fourth-order valence-electron chi connectivity index (χ4n) is 3.28. The van der Waals surface area contributed by atoms with Crippen LogP contribution < -0.4 is 37.6 Å². The van der Waals surface area contributed by atoms with Crippen molar-refractivity contribution in [3.63, 3.8) is 0 Å². The van der Waals surface area contributed by atoms with Crippen LogP contribution in [0.2, 0.25) is 0 Å². The summed E-state index contributed by atoms with van der Waals surface area (Å²) in [5.41, 5.74) is 0.